The Kier molecular flexibility index (Phi) is 16.8. The summed E-state index contributed by atoms with van der Waals surface area (Å²) in [5.41, 5.74) is 0. The van der Waals surface area contributed by atoms with Crippen molar-refractivity contribution in [3.63, 3.8) is 0 Å². The molecule has 3 heteroatoms. The molecule has 0 aliphatic carbocycles. The Morgan fingerprint density at radius 2 is 1.76 bits per heavy atom. The zero-order chi connectivity index (χ0) is 15.6. The Morgan fingerprint density at radius 3 is 2.52 bits per heavy atom. The van der Waals surface area contributed by atoms with E-state index in [0.29, 0.717) is 6.42 Å². The summed E-state index contributed by atoms with van der Waals surface area (Å²) >= 11 is 1.91. The number of methoxy groups -OCH3 is 1. The third-order valence-corrected chi connectivity index (χ3v) is 4.14. The molecule has 122 valence electrons. The molecule has 0 aliphatic heterocycles. The number of hydrogen-bond acceptors (Lipinski definition) is 3. The van der Waals surface area contributed by atoms with E-state index in [0.717, 1.165) is 19.3 Å². The number of esters is 1. The highest BCUT2D eigenvalue weighted by atomic mass is 32.2. The monoisotopic (exact) mass is 312 g/mol. The molecule has 0 aromatic carbocycles. The van der Waals surface area contributed by atoms with Gasteiger partial charge in [-0.3, -0.25) is 4.79 Å². The van der Waals surface area contributed by atoms with E-state index in [4.69, 9.17) is 0 Å². The normalized spacial score (nSPS) is 11.5. The molecule has 0 unspecified atom stereocenters. The molecule has 0 saturated heterocycles. The molecule has 21 heavy (non-hydrogen) atoms. The van der Waals surface area contributed by atoms with Crippen LogP contribution < -0.4 is 0 Å². The van der Waals surface area contributed by atoms with Gasteiger partial charge in [-0.15, -0.1) is 11.8 Å². The summed E-state index contributed by atoms with van der Waals surface area (Å²) in [5.74, 6) is 1.15. The van der Waals surface area contributed by atoms with Gasteiger partial charge in [-0.1, -0.05) is 57.3 Å². The highest BCUT2D eigenvalue weighted by molar-refractivity contribution is 8.02. The highest BCUT2D eigenvalue weighted by Gasteiger charge is 1.98. The van der Waals surface area contributed by atoms with Crippen LogP contribution >= 0.6 is 11.8 Å². The van der Waals surface area contributed by atoms with Crippen molar-refractivity contribution in [3.8, 4) is 0 Å². The Balaban J connectivity index is 3.21. The number of carbonyl (C=O) groups excluding carboxylic acids is 1. The van der Waals surface area contributed by atoms with E-state index >= 15 is 0 Å². The smallest absolute Gasteiger partial charge is 0.305 e. The first-order valence-electron chi connectivity index (χ1n) is 8.31. The number of hydrogen-bond donors (Lipinski definition) is 0. The van der Waals surface area contributed by atoms with Crippen LogP contribution in [-0.2, 0) is 9.53 Å². The molecule has 0 aromatic rings. The van der Waals surface area contributed by atoms with Crippen LogP contribution in [0, 0.1) is 0 Å². The third-order valence-electron chi connectivity index (χ3n) is 3.27. The molecule has 0 atom stereocenters. The lowest BCUT2D eigenvalue weighted by atomic mass is 10.1. The molecule has 0 bridgehead atoms. The summed E-state index contributed by atoms with van der Waals surface area (Å²) in [6, 6.07) is 0. The van der Waals surface area contributed by atoms with Gasteiger partial charge in [0.25, 0.3) is 0 Å². The second-order valence-corrected chi connectivity index (χ2v) is 6.23. The van der Waals surface area contributed by atoms with Crippen molar-refractivity contribution in [1.29, 1.82) is 0 Å². The second kappa shape index (κ2) is 17.4. The number of allylic oxidation sites excluding steroid dienone is 3. The Hall–Kier alpha value is -0.700. The summed E-state index contributed by atoms with van der Waals surface area (Å²) in [6.07, 6.45) is 18.0. The maximum Gasteiger partial charge on any atom is 0.305 e. The van der Waals surface area contributed by atoms with E-state index in [-0.39, 0.29) is 5.97 Å². The Bertz CT molecular complexity index is 285. The standard InChI is InChI=1S/C18H32O2S/c1-3-4-13-16-21-17-14-11-9-7-5-6-8-10-12-15-18(19)20-2/h9,11,14,17H,3-8,10,12-13,15-16H2,1-2H3/b11-9-,17-14+. The van der Waals surface area contributed by atoms with Crippen molar-refractivity contribution in [2.24, 2.45) is 0 Å². The van der Waals surface area contributed by atoms with Crippen LogP contribution in [-0.4, -0.2) is 18.8 Å². The molecule has 0 rings (SSSR count). The van der Waals surface area contributed by atoms with Gasteiger partial charge in [0.15, 0.2) is 0 Å². The minimum absolute atomic E-state index is 0.0858. The first kappa shape index (κ1) is 20.3. The number of ether oxygens (including phenoxy) is 1. The molecule has 0 fully saturated rings. The van der Waals surface area contributed by atoms with E-state index in [9.17, 15) is 4.79 Å². The zero-order valence-corrected chi connectivity index (χ0v) is 14.6. The Labute approximate surface area is 135 Å². The molecular weight excluding hydrogens is 280 g/mol. The van der Waals surface area contributed by atoms with E-state index in [2.05, 4.69) is 35.3 Å². The molecule has 0 aliphatic rings. The van der Waals surface area contributed by atoms with Crippen molar-refractivity contribution in [1.82, 2.24) is 0 Å². The van der Waals surface area contributed by atoms with Crippen LogP contribution in [0.5, 0.6) is 0 Å². The predicted molar refractivity (Wildman–Crippen MR) is 94.6 cm³/mol. The van der Waals surface area contributed by atoms with Gasteiger partial charge in [-0.05, 0) is 36.8 Å². The van der Waals surface area contributed by atoms with Crippen LogP contribution in [0.4, 0.5) is 0 Å². The number of rotatable bonds is 14. The summed E-state index contributed by atoms with van der Waals surface area (Å²) in [6.45, 7) is 2.24. The molecule has 0 radical (unpaired) electrons. The van der Waals surface area contributed by atoms with Crippen molar-refractivity contribution in [2.45, 2.75) is 71.1 Å². The fourth-order valence-electron chi connectivity index (χ4n) is 1.94. The first-order chi connectivity index (χ1) is 10.3. The third kappa shape index (κ3) is 17.2. The van der Waals surface area contributed by atoms with Crippen LogP contribution in [0.1, 0.15) is 71.1 Å². The van der Waals surface area contributed by atoms with Crippen LogP contribution in [0.3, 0.4) is 0 Å². The summed E-state index contributed by atoms with van der Waals surface area (Å²) in [7, 11) is 1.45. The lowest BCUT2D eigenvalue weighted by Crippen LogP contribution is -1.98. The number of unbranched alkanes of at least 4 members (excludes halogenated alkanes) is 7. The molecule has 0 N–H and O–H groups in total. The first-order valence-corrected chi connectivity index (χ1v) is 9.36. The van der Waals surface area contributed by atoms with Gasteiger partial charge in [0.1, 0.15) is 0 Å². The van der Waals surface area contributed by atoms with Gasteiger partial charge < -0.3 is 4.74 Å². The molecule has 0 amide bonds. The average molecular weight is 313 g/mol. The molecule has 2 nitrogen and oxygen atoms in total. The van der Waals surface area contributed by atoms with Crippen molar-refractivity contribution >= 4 is 17.7 Å². The zero-order valence-electron chi connectivity index (χ0n) is 13.8. The van der Waals surface area contributed by atoms with Crippen molar-refractivity contribution in [3.05, 3.63) is 23.6 Å². The van der Waals surface area contributed by atoms with Crippen LogP contribution in [0.25, 0.3) is 0 Å². The SMILES string of the molecule is CCCCCS/C=C/C=C\CCCCCCCC(=O)OC. The van der Waals surface area contributed by atoms with Crippen molar-refractivity contribution in [2.75, 3.05) is 12.9 Å². The van der Waals surface area contributed by atoms with Gasteiger partial charge in [0.2, 0.25) is 0 Å². The number of thioether (sulfide) groups is 1. The minimum Gasteiger partial charge on any atom is -0.469 e. The molecule has 0 aromatic heterocycles. The summed E-state index contributed by atoms with van der Waals surface area (Å²) in [5, 5.41) is 2.19. The predicted octanol–water partition coefficient (Wildman–Crippen LogP) is 5.88. The molecule has 0 heterocycles. The van der Waals surface area contributed by atoms with Gasteiger partial charge in [0.05, 0.1) is 7.11 Å². The van der Waals surface area contributed by atoms with Gasteiger partial charge in [-0.25, -0.2) is 0 Å². The highest BCUT2D eigenvalue weighted by Crippen LogP contribution is 2.09. The molecular formula is C18H32O2S. The van der Waals surface area contributed by atoms with Crippen molar-refractivity contribution < 1.29 is 9.53 Å². The van der Waals surface area contributed by atoms with Crippen LogP contribution in [0.2, 0.25) is 0 Å². The Morgan fingerprint density at radius 1 is 1.00 bits per heavy atom. The molecule has 0 spiro atoms. The van der Waals surface area contributed by atoms with E-state index in [1.165, 1.54) is 51.4 Å². The summed E-state index contributed by atoms with van der Waals surface area (Å²) < 4.78 is 4.61. The maximum atomic E-state index is 10.9. The second-order valence-electron chi connectivity index (χ2n) is 5.22. The lowest BCUT2D eigenvalue weighted by molar-refractivity contribution is -0.140. The van der Waals surface area contributed by atoms with E-state index < -0.39 is 0 Å². The summed E-state index contributed by atoms with van der Waals surface area (Å²) in [4.78, 5) is 10.9. The number of carbonyl (C=O) groups is 1. The van der Waals surface area contributed by atoms with E-state index in [1.54, 1.807) is 0 Å². The quantitative estimate of drug-likeness (QED) is 0.227. The minimum atomic E-state index is -0.0858. The topological polar surface area (TPSA) is 26.3 Å². The average Bonchev–Trinajstić information content (AvgIpc) is 2.50. The lowest BCUT2D eigenvalue weighted by Gasteiger charge is -1.99. The fraction of sp³-hybridized carbons (Fsp3) is 0.722. The van der Waals surface area contributed by atoms with E-state index in [1.807, 2.05) is 11.8 Å². The van der Waals surface area contributed by atoms with Gasteiger partial charge >= 0.3 is 5.97 Å². The van der Waals surface area contributed by atoms with Crippen LogP contribution in [0.15, 0.2) is 23.6 Å². The van der Waals surface area contributed by atoms with Gasteiger partial charge in [0, 0.05) is 6.42 Å². The fourth-order valence-corrected chi connectivity index (χ4v) is 2.65. The largest absolute Gasteiger partial charge is 0.469 e. The maximum absolute atomic E-state index is 10.9. The molecule has 0 saturated carbocycles. The van der Waals surface area contributed by atoms with Gasteiger partial charge in [-0.2, -0.15) is 0 Å².